The molecule has 2 heterocycles. The molecule has 6 heteroatoms. The maximum Gasteiger partial charge on any atom is 0.239 e. The zero-order valence-electron chi connectivity index (χ0n) is 12.7. The summed E-state index contributed by atoms with van der Waals surface area (Å²) in [5.74, 6) is 0.260. The fourth-order valence-corrected chi connectivity index (χ4v) is 3.17. The molecule has 5 nitrogen and oxygen atoms in total. The van der Waals surface area contributed by atoms with Crippen LogP contribution in [-0.2, 0) is 4.79 Å². The smallest absolute Gasteiger partial charge is 0.239 e. The zero-order chi connectivity index (χ0) is 14.9. The molecule has 2 N–H and O–H groups in total. The number of rotatable bonds is 3. The molecule has 0 aromatic carbocycles. The highest BCUT2D eigenvalue weighted by Gasteiger charge is 2.27. The van der Waals surface area contributed by atoms with E-state index in [9.17, 15) is 4.79 Å². The fourth-order valence-electron chi connectivity index (χ4n) is 2.21. The Hall–Kier alpha value is -1.14. The third kappa shape index (κ3) is 3.12. The van der Waals surface area contributed by atoms with Gasteiger partial charge in [0.25, 0.3) is 0 Å². The maximum atomic E-state index is 12.2. The summed E-state index contributed by atoms with van der Waals surface area (Å²) in [6.45, 7) is 11.2. The van der Waals surface area contributed by atoms with Crippen LogP contribution in [-0.4, -0.2) is 48.0 Å². The van der Waals surface area contributed by atoms with E-state index in [2.05, 4.69) is 16.8 Å². The van der Waals surface area contributed by atoms with E-state index in [4.69, 9.17) is 5.73 Å². The van der Waals surface area contributed by atoms with Crippen molar-refractivity contribution in [3.63, 3.8) is 0 Å². The van der Waals surface area contributed by atoms with Gasteiger partial charge in [0.1, 0.15) is 0 Å². The molecule has 0 spiro atoms. The Morgan fingerprint density at radius 1 is 1.25 bits per heavy atom. The van der Waals surface area contributed by atoms with Crippen molar-refractivity contribution >= 4 is 22.4 Å². The summed E-state index contributed by atoms with van der Waals surface area (Å²) in [5, 5.41) is 1.07. The van der Waals surface area contributed by atoms with Gasteiger partial charge in [0.05, 0.1) is 11.7 Å². The number of carbonyl (C=O) groups excluding carboxylic acids is 1. The topological polar surface area (TPSA) is 62.5 Å². The van der Waals surface area contributed by atoms with Crippen LogP contribution < -0.4 is 10.6 Å². The van der Waals surface area contributed by atoms with Crippen molar-refractivity contribution in [1.29, 1.82) is 0 Å². The minimum atomic E-state index is -0.383. The van der Waals surface area contributed by atoms with Gasteiger partial charge in [-0.3, -0.25) is 4.79 Å². The summed E-state index contributed by atoms with van der Waals surface area (Å²) in [7, 11) is 0. The molecule has 0 aliphatic carbocycles. The number of thiazole rings is 1. The first-order chi connectivity index (χ1) is 9.40. The Morgan fingerprint density at radius 3 is 2.30 bits per heavy atom. The van der Waals surface area contributed by atoms with Gasteiger partial charge in [-0.15, -0.1) is 11.3 Å². The van der Waals surface area contributed by atoms with Crippen molar-refractivity contribution in [1.82, 2.24) is 9.88 Å². The number of anilines is 1. The summed E-state index contributed by atoms with van der Waals surface area (Å²) >= 11 is 1.73. The second kappa shape index (κ2) is 6.10. The zero-order valence-corrected chi connectivity index (χ0v) is 13.5. The van der Waals surface area contributed by atoms with Crippen molar-refractivity contribution in [3.05, 3.63) is 10.6 Å². The number of hydrogen-bond donors (Lipinski definition) is 1. The van der Waals surface area contributed by atoms with E-state index in [1.54, 1.807) is 11.3 Å². The Kier molecular flexibility index (Phi) is 4.65. The summed E-state index contributed by atoms with van der Waals surface area (Å²) in [6, 6.07) is -0.383. The molecule has 1 saturated heterocycles. The normalized spacial score (nSPS) is 17.7. The third-order valence-electron chi connectivity index (χ3n) is 3.88. The lowest BCUT2D eigenvalue weighted by atomic mass is 10.0. The minimum Gasteiger partial charge on any atom is -0.345 e. The van der Waals surface area contributed by atoms with Crippen LogP contribution in [0.3, 0.4) is 0 Å². The number of aryl methyl sites for hydroxylation is 2. The van der Waals surface area contributed by atoms with Crippen LogP contribution >= 0.6 is 11.3 Å². The molecule has 112 valence electrons. The highest BCUT2D eigenvalue weighted by molar-refractivity contribution is 7.15. The largest absolute Gasteiger partial charge is 0.345 e. The average Bonchev–Trinajstić information content (AvgIpc) is 2.77. The van der Waals surface area contributed by atoms with Crippen molar-refractivity contribution in [3.8, 4) is 0 Å². The van der Waals surface area contributed by atoms with Crippen LogP contribution in [0.2, 0.25) is 0 Å². The number of nitrogens with two attached hydrogens (primary N) is 1. The first kappa shape index (κ1) is 15.3. The van der Waals surface area contributed by atoms with Crippen molar-refractivity contribution < 1.29 is 4.79 Å². The second-order valence-corrected chi connectivity index (χ2v) is 6.90. The molecular weight excluding hydrogens is 272 g/mol. The Balaban J connectivity index is 1.94. The van der Waals surface area contributed by atoms with Gasteiger partial charge in [0.2, 0.25) is 5.91 Å². The predicted molar refractivity (Wildman–Crippen MR) is 83.2 cm³/mol. The molecule has 1 aromatic heterocycles. The predicted octanol–water partition coefficient (Wildman–Crippen LogP) is 1.39. The molecule has 0 saturated carbocycles. The molecular formula is C14H24N4OS. The van der Waals surface area contributed by atoms with E-state index < -0.39 is 0 Å². The van der Waals surface area contributed by atoms with Crippen LogP contribution in [0.1, 0.15) is 24.4 Å². The van der Waals surface area contributed by atoms with E-state index in [-0.39, 0.29) is 17.9 Å². The maximum absolute atomic E-state index is 12.2. The summed E-state index contributed by atoms with van der Waals surface area (Å²) < 4.78 is 0. The summed E-state index contributed by atoms with van der Waals surface area (Å²) in [6.07, 6.45) is 0. The van der Waals surface area contributed by atoms with Crippen LogP contribution in [0.4, 0.5) is 5.13 Å². The lowest BCUT2D eigenvalue weighted by Crippen LogP contribution is -2.54. The second-order valence-electron chi connectivity index (χ2n) is 5.72. The van der Waals surface area contributed by atoms with E-state index >= 15 is 0 Å². The van der Waals surface area contributed by atoms with E-state index in [1.807, 2.05) is 25.7 Å². The van der Waals surface area contributed by atoms with E-state index in [0.29, 0.717) is 0 Å². The molecule has 1 fully saturated rings. The van der Waals surface area contributed by atoms with Gasteiger partial charge >= 0.3 is 0 Å². The highest BCUT2D eigenvalue weighted by atomic mass is 32.1. The molecule has 1 atom stereocenters. The van der Waals surface area contributed by atoms with Gasteiger partial charge in [-0.05, 0) is 19.8 Å². The minimum absolute atomic E-state index is 0.0751. The Bertz CT molecular complexity index is 458. The van der Waals surface area contributed by atoms with Crippen molar-refractivity contribution in [2.24, 2.45) is 11.7 Å². The molecule has 1 aromatic rings. The first-order valence-electron chi connectivity index (χ1n) is 7.13. The Morgan fingerprint density at radius 2 is 1.85 bits per heavy atom. The molecule has 0 radical (unpaired) electrons. The number of carbonyl (C=O) groups is 1. The van der Waals surface area contributed by atoms with E-state index in [1.165, 1.54) is 4.88 Å². The van der Waals surface area contributed by atoms with Gasteiger partial charge in [0.15, 0.2) is 5.13 Å². The van der Waals surface area contributed by atoms with Gasteiger partial charge in [0, 0.05) is 31.1 Å². The van der Waals surface area contributed by atoms with Gasteiger partial charge in [-0.1, -0.05) is 13.8 Å². The Labute approximate surface area is 124 Å². The standard InChI is InChI=1S/C14H24N4OS/c1-9(2)12(15)13(19)17-5-7-18(8-6-17)14-16-10(3)11(4)20-14/h9,12H,5-8,15H2,1-4H3/t12-/m0/s1. The number of nitrogens with zero attached hydrogens (tertiary/aromatic N) is 3. The number of amides is 1. The lowest BCUT2D eigenvalue weighted by molar-refractivity contribution is -0.133. The molecule has 2 rings (SSSR count). The summed E-state index contributed by atoms with van der Waals surface area (Å²) in [5.41, 5.74) is 7.05. The molecule has 1 amide bonds. The van der Waals surface area contributed by atoms with Crippen molar-refractivity contribution in [2.45, 2.75) is 33.7 Å². The molecule has 20 heavy (non-hydrogen) atoms. The van der Waals surface area contributed by atoms with Gasteiger partial charge in [-0.2, -0.15) is 0 Å². The van der Waals surface area contributed by atoms with Crippen LogP contribution in [0.25, 0.3) is 0 Å². The van der Waals surface area contributed by atoms with Crippen LogP contribution in [0, 0.1) is 19.8 Å². The van der Waals surface area contributed by atoms with Crippen LogP contribution in [0.5, 0.6) is 0 Å². The average molecular weight is 296 g/mol. The monoisotopic (exact) mass is 296 g/mol. The number of aromatic nitrogens is 1. The lowest BCUT2D eigenvalue weighted by Gasteiger charge is -2.36. The SMILES string of the molecule is Cc1nc(N2CCN(C(=O)[C@@H](N)C(C)C)CC2)sc1C. The highest BCUT2D eigenvalue weighted by Crippen LogP contribution is 2.26. The van der Waals surface area contributed by atoms with Gasteiger partial charge in [-0.25, -0.2) is 4.98 Å². The number of piperazine rings is 1. The molecule has 1 aliphatic heterocycles. The van der Waals surface area contributed by atoms with E-state index in [0.717, 1.165) is 37.0 Å². The first-order valence-corrected chi connectivity index (χ1v) is 7.95. The van der Waals surface area contributed by atoms with Crippen LogP contribution in [0.15, 0.2) is 0 Å². The fraction of sp³-hybridized carbons (Fsp3) is 0.714. The molecule has 1 aliphatic rings. The summed E-state index contributed by atoms with van der Waals surface area (Å²) in [4.78, 5) is 22.2. The number of hydrogen-bond acceptors (Lipinski definition) is 5. The quantitative estimate of drug-likeness (QED) is 0.915. The van der Waals surface area contributed by atoms with Crippen molar-refractivity contribution in [2.75, 3.05) is 31.1 Å². The molecule has 0 bridgehead atoms. The molecule has 0 unspecified atom stereocenters. The third-order valence-corrected chi connectivity index (χ3v) is 5.02. The van der Waals surface area contributed by atoms with Gasteiger partial charge < -0.3 is 15.5 Å².